The number of carbonyl (C=O) groups excluding carboxylic acids is 1. The summed E-state index contributed by atoms with van der Waals surface area (Å²) in [6.07, 6.45) is 1.49. The fourth-order valence-corrected chi connectivity index (χ4v) is 2.22. The average molecular weight is 365 g/mol. The van der Waals surface area contributed by atoms with E-state index in [-0.39, 0.29) is 12.5 Å². The summed E-state index contributed by atoms with van der Waals surface area (Å²) in [5, 5.41) is 4.76. The summed E-state index contributed by atoms with van der Waals surface area (Å²) in [6.45, 7) is 4.09. The Balaban J connectivity index is 1.84. The van der Waals surface area contributed by atoms with E-state index in [1.807, 2.05) is 24.3 Å². The van der Waals surface area contributed by atoms with Crippen LogP contribution < -0.4 is 10.2 Å². The number of benzene rings is 2. The minimum atomic E-state index is -0.346. The van der Waals surface area contributed by atoms with Crippen molar-refractivity contribution >= 4 is 35.3 Å². The molecule has 0 spiro atoms. The first-order valence-corrected chi connectivity index (χ1v) is 8.21. The van der Waals surface area contributed by atoms with Crippen LogP contribution in [0.15, 0.2) is 47.6 Å². The van der Waals surface area contributed by atoms with Crippen molar-refractivity contribution in [1.29, 1.82) is 0 Å². The minimum absolute atomic E-state index is 0.111. The summed E-state index contributed by atoms with van der Waals surface area (Å²) < 4.78 is 5.47. The summed E-state index contributed by atoms with van der Waals surface area (Å²) in [4.78, 5) is 11.7. The first-order valence-electron chi connectivity index (χ1n) is 7.45. The third kappa shape index (κ3) is 5.55. The Morgan fingerprint density at radius 1 is 1.21 bits per heavy atom. The lowest BCUT2D eigenvalue weighted by Crippen LogP contribution is -2.24. The van der Waals surface area contributed by atoms with E-state index in [1.165, 1.54) is 6.21 Å². The molecule has 0 aliphatic heterocycles. The van der Waals surface area contributed by atoms with Gasteiger partial charge in [0, 0.05) is 0 Å². The predicted molar refractivity (Wildman–Crippen MR) is 98.2 cm³/mol. The van der Waals surface area contributed by atoms with Crippen LogP contribution in [-0.2, 0) is 4.79 Å². The van der Waals surface area contributed by atoms with Crippen LogP contribution in [0.2, 0.25) is 10.0 Å². The molecular weight excluding hydrogens is 347 g/mol. The normalized spacial score (nSPS) is 11.0. The van der Waals surface area contributed by atoms with Gasteiger partial charge in [-0.3, -0.25) is 4.79 Å². The largest absolute Gasteiger partial charge is 0.484 e. The van der Waals surface area contributed by atoms with Gasteiger partial charge in [0.2, 0.25) is 0 Å². The number of nitrogens with zero attached hydrogens (tertiary/aromatic N) is 1. The van der Waals surface area contributed by atoms with Gasteiger partial charge in [-0.2, -0.15) is 5.10 Å². The van der Waals surface area contributed by atoms with E-state index >= 15 is 0 Å². The molecule has 0 heterocycles. The minimum Gasteiger partial charge on any atom is -0.484 e. The van der Waals surface area contributed by atoms with Gasteiger partial charge in [-0.15, -0.1) is 0 Å². The van der Waals surface area contributed by atoms with Gasteiger partial charge in [0.1, 0.15) is 5.75 Å². The number of ether oxygens (including phenoxy) is 1. The third-order valence-electron chi connectivity index (χ3n) is 3.24. The van der Waals surface area contributed by atoms with Gasteiger partial charge in [0.05, 0.1) is 16.3 Å². The molecule has 24 heavy (non-hydrogen) atoms. The van der Waals surface area contributed by atoms with E-state index in [4.69, 9.17) is 27.9 Å². The lowest BCUT2D eigenvalue weighted by atomic mass is 10.0. The van der Waals surface area contributed by atoms with Crippen molar-refractivity contribution in [3.63, 3.8) is 0 Å². The molecule has 0 aliphatic carbocycles. The van der Waals surface area contributed by atoms with Gasteiger partial charge in [0.15, 0.2) is 6.61 Å². The van der Waals surface area contributed by atoms with Crippen LogP contribution in [0.3, 0.4) is 0 Å². The van der Waals surface area contributed by atoms with Crippen LogP contribution in [0.1, 0.15) is 30.9 Å². The van der Waals surface area contributed by atoms with E-state index in [0.29, 0.717) is 21.7 Å². The van der Waals surface area contributed by atoms with Crippen molar-refractivity contribution in [1.82, 2.24) is 5.43 Å². The molecule has 0 unspecified atom stereocenters. The lowest BCUT2D eigenvalue weighted by Gasteiger charge is -2.09. The van der Waals surface area contributed by atoms with E-state index < -0.39 is 0 Å². The van der Waals surface area contributed by atoms with Crippen molar-refractivity contribution in [2.45, 2.75) is 19.8 Å². The Morgan fingerprint density at radius 3 is 2.71 bits per heavy atom. The lowest BCUT2D eigenvalue weighted by molar-refractivity contribution is -0.123. The standard InChI is InChI=1S/C18H18Cl2N2O2/c1-12(2)14-4-3-5-15(9-14)24-11-18(23)22-21-10-13-6-7-16(19)17(20)8-13/h3-10,12H,11H2,1-2H3,(H,22,23)/b21-10+. The highest BCUT2D eigenvalue weighted by atomic mass is 35.5. The highest BCUT2D eigenvalue weighted by Crippen LogP contribution is 2.22. The molecule has 1 amide bonds. The fourth-order valence-electron chi connectivity index (χ4n) is 1.92. The molecule has 0 aliphatic rings. The second-order valence-corrected chi connectivity index (χ2v) is 6.30. The number of nitrogens with one attached hydrogen (secondary N) is 1. The molecule has 126 valence electrons. The number of amides is 1. The number of hydrogen-bond donors (Lipinski definition) is 1. The molecule has 6 heteroatoms. The summed E-state index contributed by atoms with van der Waals surface area (Å²) in [5.74, 6) is 0.712. The maximum Gasteiger partial charge on any atom is 0.277 e. The molecule has 0 bridgehead atoms. The summed E-state index contributed by atoms with van der Waals surface area (Å²) in [6, 6.07) is 12.8. The van der Waals surface area contributed by atoms with Crippen molar-refractivity contribution in [2.75, 3.05) is 6.61 Å². The second kappa shape index (κ2) is 8.71. The van der Waals surface area contributed by atoms with Gasteiger partial charge < -0.3 is 4.74 Å². The van der Waals surface area contributed by atoms with E-state index in [2.05, 4.69) is 24.4 Å². The molecule has 2 rings (SSSR count). The van der Waals surface area contributed by atoms with Gasteiger partial charge in [-0.25, -0.2) is 5.43 Å². The van der Waals surface area contributed by atoms with Crippen molar-refractivity contribution in [3.8, 4) is 5.75 Å². The third-order valence-corrected chi connectivity index (χ3v) is 3.98. The number of rotatable bonds is 6. The molecule has 0 radical (unpaired) electrons. The molecule has 0 atom stereocenters. The molecule has 2 aromatic rings. The Hall–Kier alpha value is -2.04. The molecular formula is C18H18Cl2N2O2. The van der Waals surface area contributed by atoms with Crippen molar-refractivity contribution in [2.24, 2.45) is 5.10 Å². The van der Waals surface area contributed by atoms with E-state index in [1.54, 1.807) is 18.2 Å². The molecule has 1 N–H and O–H groups in total. The van der Waals surface area contributed by atoms with E-state index in [9.17, 15) is 4.79 Å². The first-order chi connectivity index (χ1) is 11.5. The van der Waals surface area contributed by atoms with Crippen LogP contribution in [-0.4, -0.2) is 18.7 Å². The first kappa shape index (κ1) is 18.3. The van der Waals surface area contributed by atoms with Crippen molar-refractivity contribution in [3.05, 3.63) is 63.6 Å². The number of hydrazone groups is 1. The van der Waals surface area contributed by atoms with Crippen molar-refractivity contribution < 1.29 is 9.53 Å². The van der Waals surface area contributed by atoms with Gasteiger partial charge in [-0.05, 0) is 41.3 Å². The Bertz CT molecular complexity index is 746. The molecule has 0 saturated carbocycles. The fraction of sp³-hybridized carbons (Fsp3) is 0.222. The molecule has 0 aromatic heterocycles. The second-order valence-electron chi connectivity index (χ2n) is 5.48. The van der Waals surface area contributed by atoms with Crippen LogP contribution >= 0.6 is 23.2 Å². The van der Waals surface area contributed by atoms with Gasteiger partial charge in [0.25, 0.3) is 5.91 Å². The summed E-state index contributed by atoms with van der Waals surface area (Å²) in [7, 11) is 0. The zero-order valence-corrected chi connectivity index (χ0v) is 14.9. The number of halogens is 2. The highest BCUT2D eigenvalue weighted by molar-refractivity contribution is 6.42. The van der Waals surface area contributed by atoms with Crippen LogP contribution in [0.4, 0.5) is 0 Å². The Morgan fingerprint density at radius 2 is 2.00 bits per heavy atom. The molecule has 2 aromatic carbocycles. The topological polar surface area (TPSA) is 50.7 Å². The predicted octanol–water partition coefficient (Wildman–Crippen LogP) is 4.65. The van der Waals surface area contributed by atoms with Gasteiger partial charge >= 0.3 is 0 Å². The Kier molecular flexibility index (Phi) is 6.64. The Labute approximate surface area is 151 Å². The molecule has 4 nitrogen and oxygen atoms in total. The quantitative estimate of drug-likeness (QED) is 0.599. The molecule has 0 saturated heterocycles. The van der Waals surface area contributed by atoms with Crippen LogP contribution in [0.25, 0.3) is 0 Å². The molecule has 0 fully saturated rings. The zero-order chi connectivity index (χ0) is 17.5. The highest BCUT2D eigenvalue weighted by Gasteiger charge is 2.04. The zero-order valence-electron chi connectivity index (χ0n) is 13.4. The number of hydrogen-bond acceptors (Lipinski definition) is 3. The van der Waals surface area contributed by atoms with E-state index in [0.717, 1.165) is 11.1 Å². The van der Waals surface area contributed by atoms with Crippen LogP contribution in [0.5, 0.6) is 5.75 Å². The van der Waals surface area contributed by atoms with Crippen LogP contribution in [0, 0.1) is 0 Å². The average Bonchev–Trinajstić information content (AvgIpc) is 2.56. The SMILES string of the molecule is CC(C)c1cccc(OCC(=O)N/N=C/c2ccc(Cl)c(Cl)c2)c1. The summed E-state index contributed by atoms with van der Waals surface area (Å²) >= 11 is 11.7. The maximum atomic E-state index is 11.7. The smallest absolute Gasteiger partial charge is 0.277 e. The summed E-state index contributed by atoms with van der Waals surface area (Å²) in [5.41, 5.74) is 4.29. The monoisotopic (exact) mass is 364 g/mol. The maximum absolute atomic E-state index is 11.7. The van der Waals surface area contributed by atoms with Gasteiger partial charge in [-0.1, -0.05) is 55.2 Å². The number of carbonyl (C=O) groups is 1.